The molecule has 1 fully saturated rings. The van der Waals surface area contributed by atoms with Crippen LogP contribution in [-0.4, -0.2) is 46.2 Å². The number of halogens is 3. The predicted molar refractivity (Wildman–Crippen MR) is 122 cm³/mol. The van der Waals surface area contributed by atoms with Crippen molar-refractivity contribution in [1.29, 1.82) is 0 Å². The third-order valence-corrected chi connectivity index (χ3v) is 6.82. The van der Waals surface area contributed by atoms with Crippen LogP contribution >= 0.6 is 0 Å². The fourth-order valence-corrected chi connectivity index (χ4v) is 5.23. The molecule has 2 aliphatic rings. The summed E-state index contributed by atoms with van der Waals surface area (Å²) >= 11 is 0. The number of rotatable bonds is 4. The second-order valence-electron chi connectivity index (χ2n) is 9.03. The third-order valence-electron chi connectivity index (χ3n) is 6.82. The molecule has 4 aromatic rings. The molecule has 0 saturated heterocycles. The Morgan fingerprint density at radius 3 is 2.63 bits per heavy atom. The van der Waals surface area contributed by atoms with Gasteiger partial charge in [-0.25, -0.2) is 23.1 Å². The van der Waals surface area contributed by atoms with Gasteiger partial charge in [0, 0.05) is 36.8 Å². The van der Waals surface area contributed by atoms with Gasteiger partial charge in [0.05, 0.1) is 12.2 Å². The Hall–Kier alpha value is -3.76. The molecule has 0 amide bonds. The Morgan fingerprint density at radius 1 is 1.11 bits per heavy atom. The summed E-state index contributed by atoms with van der Waals surface area (Å²) in [5.74, 6) is -0.196. The lowest BCUT2D eigenvalue weighted by atomic mass is 10.0. The molecule has 6 rings (SSSR count). The van der Waals surface area contributed by atoms with E-state index in [1.54, 1.807) is 35.3 Å². The van der Waals surface area contributed by atoms with Crippen molar-refractivity contribution in [2.45, 2.75) is 57.5 Å². The van der Waals surface area contributed by atoms with Crippen molar-refractivity contribution < 1.29 is 13.2 Å². The van der Waals surface area contributed by atoms with Gasteiger partial charge in [-0.15, -0.1) is 10.2 Å². The van der Waals surface area contributed by atoms with Crippen LogP contribution in [-0.2, 0) is 0 Å². The van der Waals surface area contributed by atoms with E-state index in [1.807, 2.05) is 23.3 Å². The fraction of sp³-hybridized carbons (Fsp3) is 0.375. The molecule has 3 aromatic heterocycles. The minimum Gasteiger partial charge on any atom is -0.341 e. The van der Waals surface area contributed by atoms with Crippen LogP contribution in [0.3, 0.4) is 0 Å². The first-order valence-electron chi connectivity index (χ1n) is 11.6. The van der Waals surface area contributed by atoms with Crippen LogP contribution in [0.5, 0.6) is 0 Å². The van der Waals surface area contributed by atoms with E-state index in [0.29, 0.717) is 53.3 Å². The van der Waals surface area contributed by atoms with Crippen LogP contribution in [0.25, 0.3) is 23.0 Å². The second-order valence-corrected chi connectivity index (χ2v) is 9.03. The van der Waals surface area contributed by atoms with E-state index >= 15 is 0 Å². The minimum atomic E-state index is -2.71. The quantitative estimate of drug-likeness (QED) is 0.417. The molecule has 0 radical (unpaired) electrons. The smallest absolute Gasteiger partial charge is 0.250 e. The monoisotopic (exact) mass is 480 g/mol. The lowest BCUT2D eigenvalue weighted by Crippen LogP contribution is -2.43. The molecule has 4 heterocycles. The van der Waals surface area contributed by atoms with Crippen LogP contribution in [0.2, 0.25) is 0 Å². The van der Waals surface area contributed by atoms with Crippen LogP contribution in [0.4, 0.5) is 19.0 Å². The van der Waals surface area contributed by atoms with Crippen molar-refractivity contribution in [2.75, 3.05) is 4.90 Å². The SMILES string of the molecule is CC[C@@H]1c2nnc(C)n2-c2cnc(-n3ccnc3-c3ccc(F)cc3)nc2N1C1CCC(F)(F)C1. The van der Waals surface area contributed by atoms with Crippen molar-refractivity contribution in [3.8, 4) is 23.0 Å². The van der Waals surface area contributed by atoms with Crippen molar-refractivity contribution in [1.82, 2.24) is 34.3 Å². The Labute approximate surface area is 199 Å². The van der Waals surface area contributed by atoms with E-state index in [-0.39, 0.29) is 30.7 Å². The topological polar surface area (TPSA) is 77.5 Å². The summed E-state index contributed by atoms with van der Waals surface area (Å²) in [6, 6.07) is 5.38. The number of imidazole rings is 1. The number of nitrogens with zero attached hydrogens (tertiary/aromatic N) is 8. The molecule has 1 aromatic carbocycles. The fourth-order valence-electron chi connectivity index (χ4n) is 5.23. The summed E-state index contributed by atoms with van der Waals surface area (Å²) in [6.07, 6.45) is 5.66. The van der Waals surface area contributed by atoms with Crippen LogP contribution < -0.4 is 4.90 Å². The highest BCUT2D eigenvalue weighted by atomic mass is 19.3. The van der Waals surface area contributed by atoms with Gasteiger partial charge in [0.2, 0.25) is 11.9 Å². The zero-order chi connectivity index (χ0) is 24.3. The predicted octanol–water partition coefficient (Wildman–Crippen LogP) is 4.82. The molecule has 1 aliphatic carbocycles. The van der Waals surface area contributed by atoms with E-state index in [1.165, 1.54) is 12.1 Å². The Balaban J connectivity index is 1.51. The van der Waals surface area contributed by atoms with E-state index in [2.05, 4.69) is 20.2 Å². The lowest BCUT2D eigenvalue weighted by Gasteiger charge is -2.41. The Kier molecular flexibility index (Phi) is 4.90. The number of anilines is 1. The molecule has 1 unspecified atom stereocenters. The average Bonchev–Trinajstić information content (AvgIpc) is 3.57. The molecule has 2 atom stereocenters. The van der Waals surface area contributed by atoms with Gasteiger partial charge in [0.25, 0.3) is 0 Å². The van der Waals surface area contributed by atoms with Crippen LogP contribution in [0.1, 0.15) is 50.3 Å². The maximum Gasteiger partial charge on any atom is 0.250 e. The molecule has 0 spiro atoms. The van der Waals surface area contributed by atoms with Crippen molar-refractivity contribution in [2.24, 2.45) is 0 Å². The molecule has 35 heavy (non-hydrogen) atoms. The van der Waals surface area contributed by atoms with Gasteiger partial charge in [-0.3, -0.25) is 9.13 Å². The van der Waals surface area contributed by atoms with Gasteiger partial charge in [-0.1, -0.05) is 6.92 Å². The minimum absolute atomic E-state index is 0.153. The number of hydrogen-bond acceptors (Lipinski definition) is 6. The summed E-state index contributed by atoms with van der Waals surface area (Å²) in [4.78, 5) is 15.9. The standard InChI is InChI=1S/C24H23F3N8/c1-3-18-22-32-31-14(2)34(22)19-13-29-23(30-21(19)35(18)17-8-9-24(26,27)12-17)33-11-10-28-20(33)15-4-6-16(25)7-5-15/h4-7,10-11,13,17-18H,3,8-9,12H2,1-2H3/t17?,18-/m1/s1. The first-order valence-corrected chi connectivity index (χ1v) is 11.6. The van der Waals surface area contributed by atoms with E-state index in [4.69, 9.17) is 4.98 Å². The molecular formula is C24H23F3N8. The summed E-state index contributed by atoms with van der Waals surface area (Å²) in [7, 11) is 0. The summed E-state index contributed by atoms with van der Waals surface area (Å²) in [6.45, 7) is 3.86. The van der Waals surface area contributed by atoms with Crippen LogP contribution in [0, 0.1) is 12.7 Å². The van der Waals surface area contributed by atoms with Crippen molar-refractivity contribution in [3.63, 3.8) is 0 Å². The molecular weight excluding hydrogens is 457 g/mol. The number of fused-ring (bicyclic) bond motifs is 3. The van der Waals surface area contributed by atoms with Crippen LogP contribution in [0.15, 0.2) is 42.9 Å². The maximum atomic E-state index is 14.3. The Bertz CT molecular complexity index is 1390. The van der Waals surface area contributed by atoms with Gasteiger partial charge in [-0.05, 0) is 44.0 Å². The maximum absolute atomic E-state index is 14.3. The number of benzene rings is 1. The van der Waals surface area contributed by atoms with E-state index in [9.17, 15) is 13.2 Å². The highest BCUT2D eigenvalue weighted by molar-refractivity contribution is 5.64. The lowest BCUT2D eigenvalue weighted by molar-refractivity contribution is 0.00746. The molecule has 8 nitrogen and oxygen atoms in total. The van der Waals surface area contributed by atoms with E-state index < -0.39 is 5.92 Å². The highest BCUT2D eigenvalue weighted by Gasteiger charge is 2.47. The Morgan fingerprint density at radius 2 is 1.91 bits per heavy atom. The summed E-state index contributed by atoms with van der Waals surface area (Å²) < 4.78 is 45.7. The first-order chi connectivity index (χ1) is 16.9. The number of alkyl halides is 2. The third kappa shape index (κ3) is 3.48. The van der Waals surface area contributed by atoms with Gasteiger partial charge < -0.3 is 4.90 Å². The second kappa shape index (κ2) is 7.89. The summed E-state index contributed by atoms with van der Waals surface area (Å²) in [5, 5.41) is 8.64. The normalized spacial score (nSPS) is 20.7. The van der Waals surface area contributed by atoms with Gasteiger partial charge in [0.15, 0.2) is 11.6 Å². The van der Waals surface area contributed by atoms with Gasteiger partial charge >= 0.3 is 0 Å². The van der Waals surface area contributed by atoms with E-state index in [0.717, 1.165) is 0 Å². The van der Waals surface area contributed by atoms with Crippen molar-refractivity contribution in [3.05, 3.63) is 60.3 Å². The molecule has 1 saturated carbocycles. The highest BCUT2D eigenvalue weighted by Crippen LogP contribution is 2.46. The largest absolute Gasteiger partial charge is 0.341 e. The molecule has 0 N–H and O–H groups in total. The zero-order valence-electron chi connectivity index (χ0n) is 19.2. The molecule has 180 valence electrons. The zero-order valence-corrected chi connectivity index (χ0v) is 19.2. The average molecular weight is 480 g/mol. The first kappa shape index (κ1) is 21.8. The molecule has 11 heteroatoms. The molecule has 0 bridgehead atoms. The summed E-state index contributed by atoms with van der Waals surface area (Å²) in [5.41, 5.74) is 1.36. The number of hydrogen-bond donors (Lipinski definition) is 0. The number of aromatic nitrogens is 7. The molecule has 1 aliphatic heterocycles. The van der Waals surface area contributed by atoms with Gasteiger partial charge in [0.1, 0.15) is 23.2 Å². The van der Waals surface area contributed by atoms with Gasteiger partial charge in [-0.2, -0.15) is 4.98 Å². The number of aryl methyl sites for hydroxylation is 1. The van der Waals surface area contributed by atoms with Crippen molar-refractivity contribution >= 4 is 5.82 Å².